The maximum absolute atomic E-state index is 13.9. The van der Waals surface area contributed by atoms with Gasteiger partial charge in [0.15, 0.2) is 0 Å². The number of benzene rings is 2. The van der Waals surface area contributed by atoms with E-state index in [2.05, 4.69) is 5.32 Å². The molecule has 0 unspecified atom stereocenters. The molecule has 0 spiro atoms. The number of alkyl halides is 3. The number of halogens is 4. The minimum Gasteiger partial charge on any atom is -0.428 e. The summed E-state index contributed by atoms with van der Waals surface area (Å²) in [6.07, 6.45) is -6.24. The smallest absolute Gasteiger partial charge is 0.428 e. The van der Waals surface area contributed by atoms with Crippen LogP contribution in [-0.2, 0) is 16.8 Å². The van der Waals surface area contributed by atoms with Crippen molar-refractivity contribution in [2.75, 3.05) is 5.32 Å². The number of fused-ring (bicyclic) bond motifs is 1. The number of carbonyl (C=O) groups excluding carboxylic acids is 1. The fourth-order valence-electron chi connectivity index (χ4n) is 2.81. The van der Waals surface area contributed by atoms with Crippen LogP contribution < -0.4 is 5.32 Å². The highest BCUT2D eigenvalue weighted by Gasteiger charge is 2.61. The van der Waals surface area contributed by atoms with Crippen LogP contribution in [-0.4, -0.2) is 12.3 Å². The van der Waals surface area contributed by atoms with Crippen LogP contribution in [0, 0.1) is 0 Å². The lowest BCUT2D eigenvalue weighted by Gasteiger charge is -2.39. The molecule has 0 fully saturated rings. The molecule has 1 heterocycles. The third-order valence-electron chi connectivity index (χ3n) is 3.99. The molecule has 2 aromatic rings. The highest BCUT2D eigenvalue weighted by atomic mass is 35.5. The van der Waals surface area contributed by atoms with Crippen LogP contribution in [0.3, 0.4) is 0 Å². The molecule has 126 valence electrons. The van der Waals surface area contributed by atoms with Gasteiger partial charge in [-0.15, -0.1) is 0 Å². The van der Waals surface area contributed by atoms with Crippen LogP contribution in [0.4, 0.5) is 23.7 Å². The van der Waals surface area contributed by atoms with E-state index in [4.69, 9.17) is 16.3 Å². The predicted molar refractivity (Wildman–Crippen MR) is 84.1 cm³/mol. The number of carbonyl (C=O) groups is 1. The second-order valence-electron chi connectivity index (χ2n) is 5.51. The molecule has 0 bridgehead atoms. The van der Waals surface area contributed by atoms with E-state index in [1.165, 1.54) is 18.2 Å². The summed E-state index contributed by atoms with van der Waals surface area (Å²) >= 11 is 5.87. The molecule has 1 aliphatic heterocycles. The Morgan fingerprint density at radius 2 is 1.83 bits per heavy atom. The fraction of sp³-hybridized carbons (Fsp3) is 0.235. The van der Waals surface area contributed by atoms with Gasteiger partial charge in [-0.2, -0.15) is 13.2 Å². The second-order valence-corrected chi connectivity index (χ2v) is 5.95. The molecular weight excluding hydrogens is 343 g/mol. The molecule has 0 aromatic heterocycles. The van der Waals surface area contributed by atoms with Crippen LogP contribution in [0.15, 0.2) is 48.5 Å². The lowest BCUT2D eigenvalue weighted by Crippen LogP contribution is -2.50. The molecule has 0 aliphatic carbocycles. The van der Waals surface area contributed by atoms with E-state index in [0.29, 0.717) is 0 Å². The fourth-order valence-corrected chi connectivity index (χ4v) is 2.98. The molecule has 24 heavy (non-hydrogen) atoms. The number of amides is 1. The third-order valence-corrected chi connectivity index (χ3v) is 4.22. The number of cyclic esters (lactones) is 1. The Morgan fingerprint density at radius 3 is 2.50 bits per heavy atom. The lowest BCUT2D eigenvalue weighted by atomic mass is 9.84. The van der Waals surface area contributed by atoms with Crippen molar-refractivity contribution in [2.45, 2.75) is 24.6 Å². The van der Waals surface area contributed by atoms with Gasteiger partial charge in [0.2, 0.25) is 5.60 Å². The summed E-state index contributed by atoms with van der Waals surface area (Å²) < 4.78 is 46.6. The van der Waals surface area contributed by atoms with E-state index >= 15 is 0 Å². The Kier molecular flexibility index (Phi) is 4.17. The summed E-state index contributed by atoms with van der Waals surface area (Å²) in [5, 5.41) is 2.43. The van der Waals surface area contributed by atoms with Crippen molar-refractivity contribution in [3.8, 4) is 0 Å². The van der Waals surface area contributed by atoms with Crippen LogP contribution in [0.2, 0.25) is 5.02 Å². The molecule has 0 saturated carbocycles. The predicted octanol–water partition coefficient (Wildman–Crippen LogP) is 5.29. The molecule has 2 aromatic carbocycles. The number of rotatable bonds is 3. The molecule has 0 radical (unpaired) electrons. The Morgan fingerprint density at radius 1 is 1.12 bits per heavy atom. The Balaban J connectivity index is 2.06. The van der Waals surface area contributed by atoms with E-state index in [1.807, 2.05) is 0 Å². The summed E-state index contributed by atoms with van der Waals surface area (Å²) in [5.74, 6) is 0. The van der Waals surface area contributed by atoms with Gasteiger partial charge in [-0.1, -0.05) is 41.9 Å². The summed E-state index contributed by atoms with van der Waals surface area (Å²) in [4.78, 5) is 11.7. The van der Waals surface area contributed by atoms with E-state index in [9.17, 15) is 18.0 Å². The zero-order valence-corrected chi connectivity index (χ0v) is 13.1. The molecular formula is C17H13ClF3NO2. The summed E-state index contributed by atoms with van der Waals surface area (Å²) in [6.45, 7) is 0. The summed E-state index contributed by atoms with van der Waals surface area (Å²) in [7, 11) is 0. The Hall–Kier alpha value is -2.21. The monoisotopic (exact) mass is 355 g/mol. The second kappa shape index (κ2) is 6.02. The summed E-state index contributed by atoms with van der Waals surface area (Å²) in [6, 6.07) is 12.7. The number of hydrogen-bond acceptors (Lipinski definition) is 2. The zero-order valence-electron chi connectivity index (χ0n) is 12.4. The van der Waals surface area contributed by atoms with Crippen molar-refractivity contribution in [3.63, 3.8) is 0 Å². The molecule has 0 saturated heterocycles. The largest absolute Gasteiger partial charge is 0.432 e. The minimum atomic E-state index is -4.78. The van der Waals surface area contributed by atoms with Gasteiger partial charge in [-0.3, -0.25) is 5.32 Å². The van der Waals surface area contributed by atoms with Crippen molar-refractivity contribution in [2.24, 2.45) is 0 Å². The first kappa shape index (κ1) is 16.6. The molecule has 1 amide bonds. The van der Waals surface area contributed by atoms with Gasteiger partial charge in [0.05, 0.1) is 5.69 Å². The first-order chi connectivity index (χ1) is 11.3. The molecule has 1 aliphatic rings. The first-order valence-electron chi connectivity index (χ1n) is 7.22. The van der Waals surface area contributed by atoms with E-state index in [1.54, 1.807) is 30.3 Å². The lowest BCUT2D eigenvalue weighted by molar-refractivity contribution is -0.267. The molecule has 1 atom stereocenters. The van der Waals surface area contributed by atoms with Crippen molar-refractivity contribution in [1.82, 2.24) is 0 Å². The van der Waals surface area contributed by atoms with Crippen molar-refractivity contribution in [3.05, 3.63) is 64.7 Å². The van der Waals surface area contributed by atoms with Crippen LogP contribution >= 0.6 is 11.6 Å². The normalized spacial score (nSPS) is 20.1. The number of aryl methyl sites for hydroxylation is 1. The van der Waals surface area contributed by atoms with Crippen molar-refractivity contribution in [1.29, 1.82) is 0 Å². The zero-order chi connectivity index (χ0) is 17.4. The Labute approximate surface area is 141 Å². The van der Waals surface area contributed by atoms with Gasteiger partial charge in [0.25, 0.3) is 0 Å². The van der Waals surface area contributed by atoms with Gasteiger partial charge < -0.3 is 4.74 Å². The van der Waals surface area contributed by atoms with E-state index < -0.39 is 24.3 Å². The average molecular weight is 356 g/mol. The first-order valence-corrected chi connectivity index (χ1v) is 7.60. The number of nitrogens with one attached hydrogen (secondary N) is 1. The van der Waals surface area contributed by atoms with Gasteiger partial charge in [-0.05, 0) is 30.2 Å². The topological polar surface area (TPSA) is 38.3 Å². The van der Waals surface area contributed by atoms with Gasteiger partial charge in [0.1, 0.15) is 0 Å². The highest BCUT2D eigenvalue weighted by molar-refractivity contribution is 6.30. The third kappa shape index (κ3) is 2.94. The van der Waals surface area contributed by atoms with Gasteiger partial charge in [0, 0.05) is 17.0 Å². The number of ether oxygens (including phenoxy) is 1. The van der Waals surface area contributed by atoms with Crippen LogP contribution in [0.25, 0.3) is 0 Å². The quantitative estimate of drug-likeness (QED) is 0.812. The molecule has 3 nitrogen and oxygen atoms in total. The SMILES string of the molecule is O=C1Nc2ccc(Cl)cc2[C@@](CCc2ccccc2)(C(F)(F)F)O1. The Bertz CT molecular complexity index is 764. The average Bonchev–Trinajstić information content (AvgIpc) is 2.53. The number of hydrogen-bond donors (Lipinski definition) is 1. The standard InChI is InChI=1S/C17H13ClF3NO2/c18-12-6-7-14-13(10-12)16(17(19,20)21,24-15(23)22-14)9-8-11-4-2-1-3-5-11/h1-7,10H,8-9H2,(H,22,23)/t16-/m0/s1. The van der Waals surface area contributed by atoms with E-state index in [-0.39, 0.29) is 22.7 Å². The van der Waals surface area contributed by atoms with E-state index in [0.717, 1.165) is 5.56 Å². The van der Waals surface area contributed by atoms with Gasteiger partial charge >= 0.3 is 12.3 Å². The molecule has 3 rings (SSSR count). The molecule has 7 heteroatoms. The van der Waals surface area contributed by atoms with Crippen molar-refractivity contribution < 1.29 is 22.7 Å². The maximum Gasteiger partial charge on any atom is 0.432 e. The summed E-state index contributed by atoms with van der Waals surface area (Å²) in [5.41, 5.74) is -2.14. The van der Waals surface area contributed by atoms with Crippen LogP contribution in [0.1, 0.15) is 17.5 Å². The van der Waals surface area contributed by atoms with Crippen molar-refractivity contribution >= 4 is 23.4 Å². The van der Waals surface area contributed by atoms with Crippen LogP contribution in [0.5, 0.6) is 0 Å². The highest BCUT2D eigenvalue weighted by Crippen LogP contribution is 2.50. The van der Waals surface area contributed by atoms with Gasteiger partial charge in [-0.25, -0.2) is 4.79 Å². The minimum absolute atomic E-state index is 0.0565. The number of anilines is 1. The molecule has 1 N–H and O–H groups in total. The maximum atomic E-state index is 13.9.